The van der Waals surface area contributed by atoms with E-state index in [0.29, 0.717) is 29.6 Å². The summed E-state index contributed by atoms with van der Waals surface area (Å²) >= 11 is 0. The van der Waals surface area contributed by atoms with Crippen LogP contribution in [0.2, 0.25) is 0 Å². The molecule has 2 aromatic heterocycles. The molecule has 2 aliphatic rings. The molecule has 0 unspecified atom stereocenters. The van der Waals surface area contributed by atoms with Gasteiger partial charge in [-0.2, -0.15) is 5.10 Å². The van der Waals surface area contributed by atoms with Gasteiger partial charge in [-0.25, -0.2) is 9.67 Å². The second kappa shape index (κ2) is 7.65. The predicted octanol–water partition coefficient (Wildman–Crippen LogP) is 2.97. The molecule has 1 saturated carbocycles. The van der Waals surface area contributed by atoms with Gasteiger partial charge in [0, 0.05) is 18.5 Å². The summed E-state index contributed by atoms with van der Waals surface area (Å²) in [6, 6.07) is 12.7. The quantitative estimate of drug-likeness (QED) is 0.741. The van der Waals surface area contributed by atoms with Crippen LogP contribution in [-0.2, 0) is 4.74 Å². The van der Waals surface area contributed by atoms with Gasteiger partial charge in [0.05, 0.1) is 24.1 Å². The van der Waals surface area contributed by atoms with E-state index < -0.39 is 0 Å². The molecule has 1 aliphatic heterocycles. The lowest BCUT2D eigenvalue weighted by atomic mass is 9.82. The van der Waals surface area contributed by atoms with E-state index in [2.05, 4.69) is 46.7 Å². The topological polar surface area (TPSA) is 77.8 Å². The number of ether oxygens (including phenoxy) is 1. The average Bonchev–Trinajstić information content (AvgIpc) is 3.19. The van der Waals surface area contributed by atoms with Crippen LogP contribution in [0.5, 0.6) is 0 Å². The number of hydrogen-bond acceptors (Lipinski definition) is 6. The molecule has 1 saturated heterocycles. The van der Waals surface area contributed by atoms with E-state index in [9.17, 15) is 0 Å². The first-order chi connectivity index (χ1) is 14.2. The lowest BCUT2D eigenvalue weighted by molar-refractivity contribution is -0.0280. The molecule has 0 radical (unpaired) electrons. The van der Waals surface area contributed by atoms with Crippen molar-refractivity contribution in [3.8, 4) is 17.2 Å². The molecule has 150 valence electrons. The smallest absolute Gasteiger partial charge is 0.202 e. The van der Waals surface area contributed by atoms with E-state index in [1.54, 1.807) is 0 Å². The van der Waals surface area contributed by atoms with Crippen LogP contribution in [-0.4, -0.2) is 50.3 Å². The SMILES string of the molecule is Cc1cccc(-n2nc(-c3ccc(C)nn3)nc2[C@H]2CC[C@H]3OCCN[C@@H]3C2)c1. The fourth-order valence-electron chi connectivity index (χ4n) is 4.41. The Bertz CT molecular complexity index is 999. The lowest BCUT2D eigenvalue weighted by Gasteiger charge is -2.39. The first-order valence-corrected chi connectivity index (χ1v) is 10.4. The number of benzene rings is 1. The van der Waals surface area contributed by atoms with Gasteiger partial charge in [0.1, 0.15) is 11.5 Å². The maximum Gasteiger partial charge on any atom is 0.202 e. The van der Waals surface area contributed by atoms with Crippen LogP contribution >= 0.6 is 0 Å². The van der Waals surface area contributed by atoms with Crippen molar-refractivity contribution in [3.63, 3.8) is 0 Å². The minimum absolute atomic E-state index is 0.317. The van der Waals surface area contributed by atoms with Crippen molar-refractivity contribution < 1.29 is 4.74 Å². The second-order valence-electron chi connectivity index (χ2n) is 8.08. The molecule has 5 rings (SSSR count). The molecule has 1 aliphatic carbocycles. The summed E-state index contributed by atoms with van der Waals surface area (Å²) < 4.78 is 7.96. The molecule has 7 heteroatoms. The van der Waals surface area contributed by atoms with E-state index in [1.165, 1.54) is 5.56 Å². The largest absolute Gasteiger partial charge is 0.375 e. The van der Waals surface area contributed by atoms with Crippen molar-refractivity contribution >= 4 is 0 Å². The van der Waals surface area contributed by atoms with Crippen molar-refractivity contribution in [2.75, 3.05) is 13.2 Å². The summed E-state index contributed by atoms with van der Waals surface area (Å²) in [4.78, 5) is 4.96. The predicted molar refractivity (Wildman–Crippen MR) is 110 cm³/mol. The molecule has 29 heavy (non-hydrogen) atoms. The number of nitrogens with one attached hydrogen (secondary N) is 1. The molecule has 3 aromatic rings. The summed E-state index contributed by atoms with van der Waals surface area (Å²) in [6.07, 6.45) is 3.42. The Labute approximate surface area is 170 Å². The standard InChI is InChI=1S/C22H26N6O/c1-14-4-3-5-17(12-14)28-22(16-7-9-20-19(13-16)23-10-11-29-20)24-21(27-28)18-8-6-15(2)25-26-18/h3-6,8,12,16,19-20,23H,7,9-11,13H2,1-2H3/t16-,19+,20+/m0/s1. The molecule has 0 amide bonds. The molecule has 2 fully saturated rings. The third kappa shape index (κ3) is 3.68. The van der Waals surface area contributed by atoms with Gasteiger partial charge in [-0.3, -0.25) is 0 Å². The number of rotatable bonds is 3. The molecule has 1 N–H and O–H groups in total. The monoisotopic (exact) mass is 390 g/mol. The zero-order valence-corrected chi connectivity index (χ0v) is 16.9. The first kappa shape index (κ1) is 18.4. The van der Waals surface area contributed by atoms with E-state index in [4.69, 9.17) is 14.8 Å². The number of aryl methyl sites for hydroxylation is 2. The summed E-state index contributed by atoms with van der Waals surface area (Å²) in [5.74, 6) is 1.95. The molecule has 0 bridgehead atoms. The Kier molecular flexibility index (Phi) is 4.85. The number of morpholine rings is 1. The summed E-state index contributed by atoms with van der Waals surface area (Å²) in [5, 5.41) is 17.0. The fourth-order valence-corrected chi connectivity index (χ4v) is 4.41. The van der Waals surface area contributed by atoms with E-state index in [-0.39, 0.29) is 0 Å². The van der Waals surface area contributed by atoms with Crippen LogP contribution in [0.25, 0.3) is 17.2 Å². The Morgan fingerprint density at radius 1 is 1.10 bits per heavy atom. The van der Waals surface area contributed by atoms with Gasteiger partial charge >= 0.3 is 0 Å². The number of hydrogen-bond donors (Lipinski definition) is 1. The Morgan fingerprint density at radius 3 is 2.86 bits per heavy atom. The highest BCUT2D eigenvalue weighted by atomic mass is 16.5. The highest BCUT2D eigenvalue weighted by Crippen LogP contribution is 2.36. The van der Waals surface area contributed by atoms with Gasteiger partial charge in [0.15, 0.2) is 0 Å². The zero-order valence-electron chi connectivity index (χ0n) is 16.9. The van der Waals surface area contributed by atoms with E-state index in [0.717, 1.165) is 49.6 Å². The van der Waals surface area contributed by atoms with Crippen molar-refractivity contribution in [3.05, 3.63) is 53.5 Å². The summed E-state index contributed by atoms with van der Waals surface area (Å²) in [6.45, 7) is 5.75. The van der Waals surface area contributed by atoms with Crippen LogP contribution in [0.15, 0.2) is 36.4 Å². The highest BCUT2D eigenvalue weighted by molar-refractivity contribution is 5.49. The molecule has 7 nitrogen and oxygen atoms in total. The molecule has 0 spiro atoms. The van der Waals surface area contributed by atoms with Crippen molar-refractivity contribution in [2.45, 2.75) is 51.2 Å². The number of nitrogens with zero attached hydrogens (tertiary/aromatic N) is 5. The van der Waals surface area contributed by atoms with Gasteiger partial charge in [-0.05, 0) is 62.9 Å². The van der Waals surface area contributed by atoms with Crippen LogP contribution in [0.3, 0.4) is 0 Å². The summed E-state index contributed by atoms with van der Waals surface area (Å²) in [7, 11) is 0. The lowest BCUT2D eigenvalue weighted by Crippen LogP contribution is -2.51. The van der Waals surface area contributed by atoms with Crippen molar-refractivity contribution in [1.29, 1.82) is 0 Å². The van der Waals surface area contributed by atoms with Gasteiger partial charge in [-0.1, -0.05) is 12.1 Å². The van der Waals surface area contributed by atoms with Crippen molar-refractivity contribution in [1.82, 2.24) is 30.3 Å². The minimum atomic E-state index is 0.317. The average molecular weight is 390 g/mol. The third-order valence-electron chi connectivity index (χ3n) is 5.90. The van der Waals surface area contributed by atoms with Crippen LogP contribution in [0.4, 0.5) is 0 Å². The number of fused-ring (bicyclic) bond motifs is 1. The first-order valence-electron chi connectivity index (χ1n) is 10.4. The van der Waals surface area contributed by atoms with Gasteiger partial charge in [0.2, 0.25) is 5.82 Å². The van der Waals surface area contributed by atoms with E-state index >= 15 is 0 Å². The third-order valence-corrected chi connectivity index (χ3v) is 5.90. The van der Waals surface area contributed by atoms with Gasteiger partial charge in [0.25, 0.3) is 0 Å². The maximum atomic E-state index is 5.96. The van der Waals surface area contributed by atoms with Gasteiger partial charge in [-0.15, -0.1) is 10.2 Å². The second-order valence-corrected chi connectivity index (χ2v) is 8.08. The van der Waals surface area contributed by atoms with Crippen molar-refractivity contribution in [2.24, 2.45) is 0 Å². The minimum Gasteiger partial charge on any atom is -0.375 e. The van der Waals surface area contributed by atoms with Gasteiger partial charge < -0.3 is 10.1 Å². The number of aromatic nitrogens is 5. The van der Waals surface area contributed by atoms with Crippen LogP contribution in [0.1, 0.15) is 42.3 Å². The zero-order chi connectivity index (χ0) is 19.8. The maximum absolute atomic E-state index is 5.96. The molecule has 1 aromatic carbocycles. The summed E-state index contributed by atoms with van der Waals surface area (Å²) in [5.41, 5.74) is 3.82. The van der Waals surface area contributed by atoms with Crippen LogP contribution < -0.4 is 5.32 Å². The molecule has 3 atom stereocenters. The van der Waals surface area contributed by atoms with E-state index in [1.807, 2.05) is 23.7 Å². The highest BCUT2D eigenvalue weighted by Gasteiger charge is 2.36. The Morgan fingerprint density at radius 2 is 2.03 bits per heavy atom. The van der Waals surface area contributed by atoms with Crippen LogP contribution in [0, 0.1) is 13.8 Å². The molecular weight excluding hydrogens is 364 g/mol. The Hall–Kier alpha value is -2.64. The Balaban J connectivity index is 1.54. The fraction of sp³-hybridized carbons (Fsp3) is 0.455. The normalized spacial score (nSPS) is 24.3. The molecule has 3 heterocycles. The molecular formula is C22H26N6O.